The number of fused-ring (bicyclic) bond motifs is 2. The van der Waals surface area contributed by atoms with Crippen molar-refractivity contribution in [2.45, 2.75) is 5.79 Å². The van der Waals surface area contributed by atoms with Crippen molar-refractivity contribution >= 4 is 44.9 Å². The summed E-state index contributed by atoms with van der Waals surface area (Å²) < 4.78 is 6.16. The highest BCUT2D eigenvalue weighted by atomic mass is 35.5. The molecule has 182 valence electrons. The Hall–Kier alpha value is -5.08. The standard InChI is InChI=1S/C30H17ClN4O3/c31-18-11-9-17(10-12-18)30(37)27(21(13-32)28(36)23-15-34-25-7-3-1-5-19(23)25)22(14-33)29(38-30)24-16-35-26-8-4-2-6-20(24)26/h1-12,15-16,34-35,37H/b27-21+. The topological polar surface area (TPSA) is 126 Å². The van der Waals surface area contributed by atoms with Crippen molar-refractivity contribution in [3.63, 3.8) is 0 Å². The van der Waals surface area contributed by atoms with Crippen molar-refractivity contribution in [2.75, 3.05) is 0 Å². The number of ether oxygens (including phenoxy) is 1. The van der Waals surface area contributed by atoms with Crippen LogP contribution in [0.4, 0.5) is 0 Å². The molecule has 5 aromatic rings. The summed E-state index contributed by atoms with van der Waals surface area (Å²) in [4.78, 5) is 20.0. The van der Waals surface area contributed by atoms with Crippen LogP contribution in [0.5, 0.6) is 0 Å². The molecule has 38 heavy (non-hydrogen) atoms. The summed E-state index contributed by atoms with van der Waals surface area (Å²) >= 11 is 6.08. The molecule has 1 atom stereocenters. The predicted octanol–water partition coefficient (Wildman–Crippen LogP) is 6.12. The molecular weight excluding hydrogens is 500 g/mol. The molecule has 1 aliphatic rings. The van der Waals surface area contributed by atoms with Gasteiger partial charge in [-0.2, -0.15) is 10.5 Å². The zero-order valence-electron chi connectivity index (χ0n) is 19.6. The highest BCUT2D eigenvalue weighted by molar-refractivity contribution is 6.30. The van der Waals surface area contributed by atoms with Crippen molar-refractivity contribution in [3.8, 4) is 12.1 Å². The molecule has 3 aromatic carbocycles. The van der Waals surface area contributed by atoms with E-state index >= 15 is 0 Å². The molecule has 0 bridgehead atoms. The molecular formula is C30H17ClN4O3. The minimum absolute atomic E-state index is 0.0527. The maximum Gasteiger partial charge on any atom is 0.264 e. The lowest BCUT2D eigenvalue weighted by atomic mass is 9.86. The summed E-state index contributed by atoms with van der Waals surface area (Å²) in [7, 11) is 0. The first kappa shape index (κ1) is 23.3. The second-order valence-electron chi connectivity index (χ2n) is 8.76. The Kier molecular flexibility index (Phi) is 5.40. The molecule has 1 unspecified atom stereocenters. The van der Waals surface area contributed by atoms with Crippen LogP contribution in [-0.4, -0.2) is 20.9 Å². The van der Waals surface area contributed by atoms with Crippen LogP contribution in [0.1, 0.15) is 21.5 Å². The van der Waals surface area contributed by atoms with Crippen LogP contribution >= 0.6 is 11.6 Å². The molecule has 7 nitrogen and oxygen atoms in total. The van der Waals surface area contributed by atoms with Gasteiger partial charge in [0.1, 0.15) is 23.3 Å². The Morgan fingerprint density at radius 1 is 0.895 bits per heavy atom. The number of aromatic nitrogens is 2. The smallest absolute Gasteiger partial charge is 0.264 e. The third-order valence-corrected chi connectivity index (χ3v) is 6.92. The van der Waals surface area contributed by atoms with E-state index in [1.54, 1.807) is 30.5 Å². The molecule has 3 heterocycles. The lowest BCUT2D eigenvalue weighted by Crippen LogP contribution is -2.29. The molecule has 6 rings (SSSR count). The fraction of sp³-hybridized carbons (Fsp3) is 0.0333. The van der Waals surface area contributed by atoms with E-state index in [0.717, 1.165) is 10.9 Å². The van der Waals surface area contributed by atoms with Gasteiger partial charge < -0.3 is 19.8 Å². The van der Waals surface area contributed by atoms with Crippen molar-refractivity contribution in [1.82, 2.24) is 9.97 Å². The van der Waals surface area contributed by atoms with Crippen LogP contribution in [0.3, 0.4) is 0 Å². The van der Waals surface area contributed by atoms with Gasteiger partial charge in [-0.15, -0.1) is 0 Å². The number of ketones is 1. The fourth-order valence-corrected chi connectivity index (χ4v) is 5.00. The van der Waals surface area contributed by atoms with Crippen LogP contribution in [0.25, 0.3) is 27.6 Å². The third-order valence-electron chi connectivity index (χ3n) is 6.67. The first-order valence-electron chi connectivity index (χ1n) is 11.6. The number of H-pyrrole nitrogens is 2. The monoisotopic (exact) mass is 516 g/mol. The number of hydrogen-bond acceptors (Lipinski definition) is 5. The Bertz CT molecular complexity index is 1910. The predicted molar refractivity (Wildman–Crippen MR) is 143 cm³/mol. The quantitative estimate of drug-likeness (QED) is 0.151. The van der Waals surface area contributed by atoms with Crippen molar-refractivity contribution < 1.29 is 14.6 Å². The first-order chi connectivity index (χ1) is 18.5. The normalized spacial score (nSPS) is 18.3. The number of nitrogens with zero attached hydrogens (tertiary/aromatic N) is 2. The van der Waals surface area contributed by atoms with Gasteiger partial charge in [0.05, 0.1) is 5.57 Å². The van der Waals surface area contributed by atoms with Gasteiger partial charge in [-0.1, -0.05) is 60.1 Å². The number of nitriles is 2. The van der Waals surface area contributed by atoms with Gasteiger partial charge >= 0.3 is 0 Å². The van der Waals surface area contributed by atoms with Gasteiger partial charge in [0.15, 0.2) is 5.76 Å². The molecule has 0 amide bonds. The molecule has 0 radical (unpaired) electrons. The minimum Gasteiger partial charge on any atom is -0.452 e. The summed E-state index contributed by atoms with van der Waals surface area (Å²) in [5.41, 5.74) is 1.72. The highest BCUT2D eigenvalue weighted by Crippen LogP contribution is 2.50. The summed E-state index contributed by atoms with van der Waals surface area (Å²) in [5.74, 6) is -2.91. The lowest BCUT2D eigenvalue weighted by Gasteiger charge is -2.26. The van der Waals surface area contributed by atoms with E-state index in [0.29, 0.717) is 21.5 Å². The SMILES string of the molecule is N#CC1=C(c2c[nH]c3ccccc23)OC(O)(c2ccc(Cl)cc2)/C1=C(\C#N)C(=O)c1c[nH]c2ccccc12. The van der Waals surface area contributed by atoms with Gasteiger partial charge in [0.25, 0.3) is 5.79 Å². The number of nitrogens with one attached hydrogen (secondary N) is 2. The molecule has 1 aliphatic heterocycles. The van der Waals surface area contributed by atoms with Gasteiger partial charge in [-0.05, 0) is 24.3 Å². The molecule has 0 aliphatic carbocycles. The molecule has 0 fully saturated rings. The average Bonchev–Trinajstić information content (AvgIpc) is 3.64. The van der Waals surface area contributed by atoms with E-state index in [1.807, 2.05) is 42.5 Å². The van der Waals surface area contributed by atoms with Crippen LogP contribution < -0.4 is 0 Å². The Labute approximate surface area is 221 Å². The Balaban J connectivity index is 1.65. The third kappa shape index (κ3) is 3.42. The molecule has 8 heteroatoms. The Morgan fingerprint density at radius 2 is 1.53 bits per heavy atom. The largest absolute Gasteiger partial charge is 0.452 e. The fourth-order valence-electron chi connectivity index (χ4n) is 4.88. The molecule has 3 N–H and O–H groups in total. The number of allylic oxidation sites excluding steroid dienone is 1. The number of benzene rings is 3. The van der Waals surface area contributed by atoms with Gasteiger partial charge in [0, 0.05) is 55.9 Å². The first-order valence-corrected chi connectivity index (χ1v) is 12.0. The number of halogens is 1. The molecule has 2 aromatic heterocycles. The summed E-state index contributed by atoms with van der Waals surface area (Å²) in [6, 6.07) is 24.8. The van der Waals surface area contributed by atoms with Crippen LogP contribution in [0.2, 0.25) is 5.02 Å². The Morgan fingerprint density at radius 3 is 2.21 bits per heavy atom. The van der Waals surface area contributed by atoms with Gasteiger partial charge in [0.2, 0.25) is 5.78 Å². The number of aromatic amines is 2. The number of Topliss-reactive ketones (excluding diaryl/α,β-unsaturated/α-hetero) is 1. The number of para-hydroxylation sites is 2. The van der Waals surface area contributed by atoms with Crippen LogP contribution in [0.15, 0.2) is 102 Å². The summed E-state index contributed by atoms with van der Waals surface area (Å²) in [6.45, 7) is 0. The number of aliphatic hydroxyl groups is 1. The highest BCUT2D eigenvalue weighted by Gasteiger charge is 2.50. The average molecular weight is 517 g/mol. The summed E-state index contributed by atoms with van der Waals surface area (Å²) in [5, 5.41) is 34.5. The van der Waals surface area contributed by atoms with Crippen LogP contribution in [0, 0.1) is 22.7 Å². The van der Waals surface area contributed by atoms with Gasteiger partial charge in [-0.3, -0.25) is 4.79 Å². The number of carbonyl (C=O) groups is 1. The number of hydrogen-bond donors (Lipinski definition) is 3. The second kappa shape index (κ2) is 8.79. The second-order valence-corrected chi connectivity index (χ2v) is 9.19. The zero-order valence-corrected chi connectivity index (χ0v) is 20.4. The molecule has 0 spiro atoms. The van der Waals surface area contributed by atoms with Gasteiger partial charge in [-0.25, -0.2) is 0 Å². The lowest BCUT2D eigenvalue weighted by molar-refractivity contribution is -0.120. The summed E-state index contributed by atoms with van der Waals surface area (Å²) in [6.07, 6.45) is 3.18. The molecule has 0 saturated heterocycles. The van der Waals surface area contributed by atoms with E-state index < -0.39 is 17.1 Å². The van der Waals surface area contributed by atoms with E-state index in [1.165, 1.54) is 18.3 Å². The number of carbonyl (C=O) groups excluding carboxylic acids is 1. The minimum atomic E-state index is -2.31. The zero-order chi connectivity index (χ0) is 26.4. The maximum absolute atomic E-state index is 13.9. The van der Waals surface area contributed by atoms with E-state index in [4.69, 9.17) is 16.3 Å². The number of rotatable bonds is 4. The molecule has 0 saturated carbocycles. The van der Waals surface area contributed by atoms with Crippen molar-refractivity contribution in [3.05, 3.63) is 124 Å². The van der Waals surface area contributed by atoms with E-state index in [2.05, 4.69) is 16.0 Å². The van der Waals surface area contributed by atoms with Crippen molar-refractivity contribution in [2.24, 2.45) is 0 Å². The maximum atomic E-state index is 13.9. The van der Waals surface area contributed by atoms with Crippen LogP contribution in [-0.2, 0) is 10.5 Å². The van der Waals surface area contributed by atoms with Crippen molar-refractivity contribution in [1.29, 1.82) is 10.5 Å². The van der Waals surface area contributed by atoms with E-state index in [-0.39, 0.29) is 28.0 Å². The van der Waals surface area contributed by atoms with E-state index in [9.17, 15) is 20.4 Å².